The van der Waals surface area contributed by atoms with E-state index in [0.717, 1.165) is 5.56 Å². The Labute approximate surface area is 200 Å². The number of anilines is 1. The molecule has 3 aromatic carbocycles. The number of benzene rings is 3. The molecule has 3 aromatic rings. The fourth-order valence-corrected chi connectivity index (χ4v) is 2.93. The standard InChI is InChI=1S/C24H19Cl2N3O4/c1-14-3-10-19(13-21(14)26)27-22(30)23(31)29-28-15(2)16-6-11-20(12-7-16)33-24(32)17-4-8-18(25)9-5-17/h3-13H,1-2H3,(H,27,30)(H,29,31)/b28-15+. The van der Waals surface area contributed by atoms with E-state index < -0.39 is 17.8 Å². The molecule has 0 atom stereocenters. The molecule has 0 saturated heterocycles. The molecule has 0 heterocycles. The lowest BCUT2D eigenvalue weighted by atomic mass is 10.1. The highest BCUT2D eigenvalue weighted by atomic mass is 35.5. The number of rotatable bonds is 5. The van der Waals surface area contributed by atoms with Gasteiger partial charge in [-0.05, 0) is 85.6 Å². The first kappa shape index (κ1) is 24.0. The summed E-state index contributed by atoms with van der Waals surface area (Å²) in [5.41, 5.74) is 4.94. The zero-order valence-electron chi connectivity index (χ0n) is 17.7. The molecular weight excluding hydrogens is 465 g/mol. The number of carbonyl (C=O) groups excluding carboxylic acids is 3. The van der Waals surface area contributed by atoms with Gasteiger partial charge in [-0.2, -0.15) is 5.10 Å². The topological polar surface area (TPSA) is 96.9 Å². The van der Waals surface area contributed by atoms with Crippen LogP contribution in [0.25, 0.3) is 0 Å². The van der Waals surface area contributed by atoms with Crippen molar-refractivity contribution in [2.45, 2.75) is 13.8 Å². The molecule has 0 bridgehead atoms. The second-order valence-electron chi connectivity index (χ2n) is 6.98. The van der Waals surface area contributed by atoms with Gasteiger partial charge >= 0.3 is 17.8 Å². The summed E-state index contributed by atoms with van der Waals surface area (Å²) in [6.45, 7) is 3.49. The fourth-order valence-electron chi connectivity index (χ4n) is 2.62. The molecule has 2 amide bonds. The monoisotopic (exact) mass is 483 g/mol. The lowest BCUT2D eigenvalue weighted by Crippen LogP contribution is -2.32. The van der Waals surface area contributed by atoms with E-state index in [4.69, 9.17) is 27.9 Å². The molecule has 0 fully saturated rings. The first-order valence-electron chi connectivity index (χ1n) is 9.73. The number of carbonyl (C=O) groups is 3. The Kier molecular flexibility index (Phi) is 7.82. The summed E-state index contributed by atoms with van der Waals surface area (Å²) in [7, 11) is 0. The molecule has 0 aromatic heterocycles. The normalized spacial score (nSPS) is 11.0. The minimum Gasteiger partial charge on any atom is -0.423 e. The third-order valence-electron chi connectivity index (χ3n) is 4.52. The number of ether oxygens (including phenoxy) is 1. The van der Waals surface area contributed by atoms with Crippen LogP contribution in [-0.2, 0) is 9.59 Å². The van der Waals surface area contributed by atoms with Crippen LogP contribution in [-0.4, -0.2) is 23.5 Å². The van der Waals surface area contributed by atoms with Gasteiger partial charge in [-0.1, -0.05) is 29.3 Å². The first-order chi connectivity index (χ1) is 15.7. The maximum absolute atomic E-state index is 12.2. The molecule has 0 unspecified atom stereocenters. The minimum atomic E-state index is -0.931. The van der Waals surface area contributed by atoms with Crippen LogP contribution in [0.15, 0.2) is 71.8 Å². The van der Waals surface area contributed by atoms with Crippen LogP contribution in [0, 0.1) is 6.92 Å². The molecule has 0 saturated carbocycles. The fraction of sp³-hybridized carbons (Fsp3) is 0.0833. The van der Waals surface area contributed by atoms with Gasteiger partial charge in [-0.25, -0.2) is 10.2 Å². The molecule has 0 aliphatic heterocycles. The van der Waals surface area contributed by atoms with Crippen molar-refractivity contribution in [3.63, 3.8) is 0 Å². The smallest absolute Gasteiger partial charge is 0.343 e. The first-order valence-corrected chi connectivity index (χ1v) is 10.5. The molecule has 0 aliphatic rings. The number of esters is 1. The van der Waals surface area contributed by atoms with Crippen molar-refractivity contribution in [2.24, 2.45) is 5.10 Å². The summed E-state index contributed by atoms with van der Waals surface area (Å²) in [5, 5.41) is 7.40. The van der Waals surface area contributed by atoms with Gasteiger partial charge in [0.25, 0.3) is 0 Å². The molecular formula is C24H19Cl2N3O4. The van der Waals surface area contributed by atoms with Gasteiger partial charge in [0.05, 0.1) is 11.3 Å². The van der Waals surface area contributed by atoms with Crippen molar-refractivity contribution >= 4 is 52.4 Å². The molecule has 9 heteroatoms. The van der Waals surface area contributed by atoms with Crippen molar-refractivity contribution < 1.29 is 19.1 Å². The number of nitrogens with one attached hydrogen (secondary N) is 2. The van der Waals surface area contributed by atoms with Gasteiger partial charge in [0.15, 0.2) is 0 Å². The lowest BCUT2D eigenvalue weighted by molar-refractivity contribution is -0.136. The number of aryl methyl sites for hydroxylation is 1. The molecule has 7 nitrogen and oxygen atoms in total. The second-order valence-corrected chi connectivity index (χ2v) is 7.82. The number of amides is 2. The van der Waals surface area contributed by atoms with Crippen LogP contribution in [0.3, 0.4) is 0 Å². The predicted octanol–water partition coefficient (Wildman–Crippen LogP) is 5.00. The van der Waals surface area contributed by atoms with Crippen molar-refractivity contribution in [1.82, 2.24) is 5.43 Å². The van der Waals surface area contributed by atoms with Gasteiger partial charge in [-0.15, -0.1) is 0 Å². The van der Waals surface area contributed by atoms with E-state index in [2.05, 4.69) is 15.8 Å². The van der Waals surface area contributed by atoms with Gasteiger partial charge in [0.1, 0.15) is 5.75 Å². The molecule has 3 rings (SSSR count). The minimum absolute atomic E-state index is 0.340. The lowest BCUT2D eigenvalue weighted by Gasteiger charge is -2.07. The maximum Gasteiger partial charge on any atom is 0.343 e. The largest absolute Gasteiger partial charge is 0.423 e. The predicted molar refractivity (Wildman–Crippen MR) is 128 cm³/mol. The molecule has 0 radical (unpaired) electrons. The van der Waals surface area contributed by atoms with Gasteiger partial charge in [-0.3, -0.25) is 9.59 Å². The second kappa shape index (κ2) is 10.8. The zero-order chi connectivity index (χ0) is 24.0. The van der Waals surface area contributed by atoms with E-state index in [0.29, 0.717) is 38.3 Å². The van der Waals surface area contributed by atoms with E-state index in [9.17, 15) is 14.4 Å². The van der Waals surface area contributed by atoms with Crippen LogP contribution in [0.2, 0.25) is 10.0 Å². The van der Waals surface area contributed by atoms with Crippen LogP contribution in [0.5, 0.6) is 5.75 Å². The molecule has 168 valence electrons. The summed E-state index contributed by atoms with van der Waals surface area (Å²) in [4.78, 5) is 36.3. The van der Waals surface area contributed by atoms with Crippen LogP contribution in [0.4, 0.5) is 5.69 Å². The molecule has 0 aliphatic carbocycles. The molecule has 33 heavy (non-hydrogen) atoms. The van der Waals surface area contributed by atoms with Gasteiger partial charge in [0.2, 0.25) is 0 Å². The van der Waals surface area contributed by atoms with E-state index in [1.807, 2.05) is 6.92 Å². The van der Waals surface area contributed by atoms with E-state index >= 15 is 0 Å². The van der Waals surface area contributed by atoms with Crippen molar-refractivity contribution in [2.75, 3.05) is 5.32 Å². The Balaban J connectivity index is 1.56. The average molecular weight is 484 g/mol. The molecule has 2 N–H and O–H groups in total. The third kappa shape index (κ3) is 6.65. The van der Waals surface area contributed by atoms with Gasteiger partial charge in [0, 0.05) is 15.7 Å². The zero-order valence-corrected chi connectivity index (χ0v) is 19.2. The molecule has 0 spiro atoms. The summed E-state index contributed by atoms with van der Waals surface area (Å²) < 4.78 is 5.32. The summed E-state index contributed by atoms with van der Waals surface area (Å²) in [6, 6.07) is 17.8. The summed E-state index contributed by atoms with van der Waals surface area (Å²) in [5.74, 6) is -1.99. The Morgan fingerprint density at radius 1 is 0.848 bits per heavy atom. The number of hydrogen-bond donors (Lipinski definition) is 2. The van der Waals surface area contributed by atoms with Crippen molar-refractivity contribution in [3.05, 3.63) is 93.5 Å². The van der Waals surface area contributed by atoms with Crippen LogP contribution < -0.4 is 15.5 Å². The Hall–Kier alpha value is -3.68. The van der Waals surface area contributed by atoms with Crippen LogP contribution >= 0.6 is 23.2 Å². The highest BCUT2D eigenvalue weighted by molar-refractivity contribution is 6.40. The Morgan fingerprint density at radius 2 is 1.48 bits per heavy atom. The number of halogens is 2. The SMILES string of the molecule is C/C(=N\NC(=O)C(=O)Nc1ccc(C)c(Cl)c1)c1ccc(OC(=O)c2ccc(Cl)cc2)cc1. The van der Waals surface area contributed by atoms with E-state index in [1.54, 1.807) is 73.7 Å². The van der Waals surface area contributed by atoms with Gasteiger partial charge < -0.3 is 10.1 Å². The highest BCUT2D eigenvalue weighted by Gasteiger charge is 2.14. The van der Waals surface area contributed by atoms with Crippen molar-refractivity contribution in [3.8, 4) is 5.75 Å². The summed E-state index contributed by atoms with van der Waals surface area (Å²) in [6.07, 6.45) is 0. The highest BCUT2D eigenvalue weighted by Crippen LogP contribution is 2.20. The van der Waals surface area contributed by atoms with E-state index in [-0.39, 0.29) is 0 Å². The number of hydrogen-bond acceptors (Lipinski definition) is 5. The Bertz CT molecular complexity index is 1220. The van der Waals surface area contributed by atoms with E-state index in [1.165, 1.54) is 0 Å². The number of nitrogens with zero attached hydrogens (tertiary/aromatic N) is 1. The third-order valence-corrected chi connectivity index (χ3v) is 5.18. The maximum atomic E-state index is 12.2. The van der Waals surface area contributed by atoms with Crippen LogP contribution in [0.1, 0.15) is 28.4 Å². The number of hydrazone groups is 1. The quantitative estimate of drug-likeness (QED) is 0.175. The van der Waals surface area contributed by atoms with Crippen molar-refractivity contribution in [1.29, 1.82) is 0 Å². The average Bonchev–Trinajstić information content (AvgIpc) is 2.80. The summed E-state index contributed by atoms with van der Waals surface area (Å²) >= 11 is 11.8. The Morgan fingerprint density at radius 3 is 2.12 bits per heavy atom.